The van der Waals surface area contributed by atoms with Crippen LogP contribution >= 0.6 is 0 Å². The summed E-state index contributed by atoms with van der Waals surface area (Å²) in [6.45, 7) is 11.7. The van der Waals surface area contributed by atoms with Crippen LogP contribution in [-0.2, 0) is 0 Å². The second kappa shape index (κ2) is 8.46. The molecule has 1 aliphatic carbocycles. The Morgan fingerprint density at radius 3 is 1.67 bits per heavy atom. The van der Waals surface area contributed by atoms with Gasteiger partial charge in [-0.05, 0) is 82.0 Å². The molecule has 4 heterocycles. The summed E-state index contributed by atoms with van der Waals surface area (Å²) >= 11 is 0. The lowest BCUT2D eigenvalue weighted by Crippen LogP contribution is -2.53. The Balaban J connectivity index is 1.20. The van der Waals surface area contributed by atoms with Gasteiger partial charge in [0.15, 0.2) is 0 Å². The van der Waals surface area contributed by atoms with Crippen molar-refractivity contribution in [2.75, 3.05) is 39.3 Å². The van der Waals surface area contributed by atoms with Crippen molar-refractivity contribution in [1.82, 2.24) is 29.4 Å². The van der Waals surface area contributed by atoms with E-state index in [1.807, 2.05) is 12.4 Å². The van der Waals surface area contributed by atoms with E-state index in [2.05, 4.69) is 55.6 Å². The highest BCUT2D eigenvalue weighted by molar-refractivity contribution is 5.03. The fourth-order valence-electron chi connectivity index (χ4n) is 6.04. The van der Waals surface area contributed by atoms with Crippen LogP contribution in [0.25, 0.3) is 0 Å². The van der Waals surface area contributed by atoms with Crippen LogP contribution in [0.1, 0.15) is 68.2 Å². The lowest BCUT2D eigenvalue weighted by Gasteiger charge is -2.50. The number of rotatable bonds is 6. The van der Waals surface area contributed by atoms with Crippen LogP contribution in [0.5, 0.6) is 0 Å². The third-order valence-corrected chi connectivity index (χ3v) is 7.70. The summed E-state index contributed by atoms with van der Waals surface area (Å²) in [4.78, 5) is 5.51. The van der Waals surface area contributed by atoms with Crippen LogP contribution in [-0.4, -0.2) is 68.6 Å². The van der Waals surface area contributed by atoms with E-state index >= 15 is 0 Å². The number of hydrogen-bond donors (Lipinski definition) is 0. The van der Waals surface area contributed by atoms with Gasteiger partial charge in [-0.15, -0.1) is 0 Å². The highest BCUT2D eigenvalue weighted by Crippen LogP contribution is 2.43. The zero-order valence-electron chi connectivity index (χ0n) is 18.8. The standard InChI is InChI=1S/C24H38N6/c1-20-12-25-29(14-20)22-6-3-10-27(16-22)18-24(8-5-9-24)19-28-11-4-7-23(17-28)30-15-21(2)13-26-30/h12-15,22-23H,3-11,16-19H2,1-2H3. The molecule has 2 atom stereocenters. The van der Waals surface area contributed by atoms with Gasteiger partial charge in [0, 0.05) is 38.6 Å². The Morgan fingerprint density at radius 2 is 1.30 bits per heavy atom. The lowest BCUT2D eigenvalue weighted by atomic mass is 9.67. The molecule has 0 aromatic carbocycles. The summed E-state index contributed by atoms with van der Waals surface area (Å²) in [7, 11) is 0. The minimum Gasteiger partial charge on any atom is -0.301 e. The van der Waals surface area contributed by atoms with Gasteiger partial charge in [0.2, 0.25) is 0 Å². The molecule has 1 saturated carbocycles. The molecule has 5 rings (SSSR count). The van der Waals surface area contributed by atoms with Gasteiger partial charge < -0.3 is 9.80 Å². The van der Waals surface area contributed by atoms with Crippen LogP contribution < -0.4 is 0 Å². The van der Waals surface area contributed by atoms with Crippen molar-refractivity contribution >= 4 is 0 Å². The van der Waals surface area contributed by atoms with Gasteiger partial charge in [-0.25, -0.2) is 0 Å². The van der Waals surface area contributed by atoms with Crippen LogP contribution in [0.3, 0.4) is 0 Å². The molecule has 6 nitrogen and oxygen atoms in total. The van der Waals surface area contributed by atoms with E-state index in [0.29, 0.717) is 17.5 Å². The van der Waals surface area contributed by atoms with E-state index in [4.69, 9.17) is 0 Å². The number of likely N-dealkylation sites (tertiary alicyclic amines) is 2. The van der Waals surface area contributed by atoms with E-state index in [9.17, 15) is 0 Å². The molecular weight excluding hydrogens is 372 g/mol. The molecule has 30 heavy (non-hydrogen) atoms. The quantitative estimate of drug-likeness (QED) is 0.726. The average molecular weight is 411 g/mol. The Kier molecular flexibility index (Phi) is 5.71. The molecule has 2 aromatic heterocycles. The van der Waals surface area contributed by atoms with Crippen molar-refractivity contribution in [3.8, 4) is 0 Å². The molecule has 0 spiro atoms. The molecule has 2 aliphatic heterocycles. The maximum atomic E-state index is 4.61. The van der Waals surface area contributed by atoms with Crippen molar-refractivity contribution < 1.29 is 0 Å². The molecule has 3 aliphatic rings. The average Bonchev–Trinajstić information content (AvgIpc) is 3.35. The lowest BCUT2D eigenvalue weighted by molar-refractivity contribution is 0.00172. The highest BCUT2D eigenvalue weighted by atomic mass is 15.3. The predicted molar refractivity (Wildman–Crippen MR) is 120 cm³/mol. The summed E-state index contributed by atoms with van der Waals surface area (Å²) in [5.41, 5.74) is 3.05. The van der Waals surface area contributed by atoms with Crippen molar-refractivity contribution in [2.45, 2.75) is 70.9 Å². The summed E-state index contributed by atoms with van der Waals surface area (Å²) in [5, 5.41) is 9.22. The second-order valence-corrected chi connectivity index (χ2v) is 10.4. The first kappa shape index (κ1) is 20.3. The first-order valence-electron chi connectivity index (χ1n) is 12.0. The van der Waals surface area contributed by atoms with Gasteiger partial charge >= 0.3 is 0 Å². The fourth-order valence-corrected chi connectivity index (χ4v) is 6.04. The zero-order chi connectivity index (χ0) is 20.6. The SMILES string of the molecule is Cc1cnn(C2CCCN(CC3(CN4CCCC(n5cc(C)cn5)C4)CCC3)C2)c1. The van der Waals surface area contributed by atoms with Gasteiger partial charge in [0.05, 0.1) is 24.5 Å². The molecular formula is C24H38N6. The topological polar surface area (TPSA) is 42.1 Å². The molecule has 3 fully saturated rings. The summed E-state index contributed by atoms with van der Waals surface area (Å²) in [5.74, 6) is 0. The van der Waals surface area contributed by atoms with Crippen LogP contribution in [0.2, 0.25) is 0 Å². The normalized spacial score (nSPS) is 27.8. The van der Waals surface area contributed by atoms with E-state index in [-0.39, 0.29) is 0 Å². The summed E-state index contributed by atoms with van der Waals surface area (Å²) < 4.78 is 4.44. The molecule has 0 radical (unpaired) electrons. The van der Waals surface area contributed by atoms with E-state index in [1.165, 1.54) is 82.3 Å². The monoisotopic (exact) mass is 410 g/mol. The molecule has 2 unspecified atom stereocenters. The van der Waals surface area contributed by atoms with Gasteiger partial charge in [0.25, 0.3) is 0 Å². The van der Waals surface area contributed by atoms with Crippen molar-refractivity contribution in [2.24, 2.45) is 5.41 Å². The van der Waals surface area contributed by atoms with Crippen molar-refractivity contribution in [3.63, 3.8) is 0 Å². The zero-order valence-corrected chi connectivity index (χ0v) is 18.8. The van der Waals surface area contributed by atoms with Gasteiger partial charge in [-0.2, -0.15) is 10.2 Å². The molecule has 2 aromatic rings. The number of aromatic nitrogens is 4. The van der Waals surface area contributed by atoms with Crippen LogP contribution in [0.4, 0.5) is 0 Å². The third kappa shape index (κ3) is 4.35. The molecule has 0 N–H and O–H groups in total. The smallest absolute Gasteiger partial charge is 0.0646 e. The van der Waals surface area contributed by atoms with Crippen LogP contribution in [0, 0.1) is 19.3 Å². The third-order valence-electron chi connectivity index (χ3n) is 7.70. The number of hydrogen-bond acceptors (Lipinski definition) is 4. The largest absolute Gasteiger partial charge is 0.301 e. The van der Waals surface area contributed by atoms with Gasteiger partial charge in [0.1, 0.15) is 0 Å². The Bertz CT molecular complexity index is 770. The number of aryl methyl sites for hydroxylation is 2. The fraction of sp³-hybridized carbons (Fsp3) is 0.750. The number of nitrogens with zero attached hydrogens (tertiary/aromatic N) is 6. The molecule has 0 amide bonds. The first-order chi connectivity index (χ1) is 14.6. The van der Waals surface area contributed by atoms with Crippen molar-refractivity contribution in [3.05, 3.63) is 35.9 Å². The van der Waals surface area contributed by atoms with Crippen LogP contribution in [0.15, 0.2) is 24.8 Å². The van der Waals surface area contributed by atoms with E-state index in [0.717, 1.165) is 13.1 Å². The molecule has 6 heteroatoms. The minimum atomic E-state index is 0.504. The maximum Gasteiger partial charge on any atom is 0.0646 e. The molecule has 164 valence electrons. The van der Waals surface area contributed by atoms with Gasteiger partial charge in [-0.1, -0.05) is 6.42 Å². The van der Waals surface area contributed by atoms with E-state index in [1.54, 1.807) is 0 Å². The highest BCUT2D eigenvalue weighted by Gasteiger charge is 2.41. The number of piperidine rings is 2. The van der Waals surface area contributed by atoms with E-state index < -0.39 is 0 Å². The Labute approximate surface area is 181 Å². The second-order valence-electron chi connectivity index (χ2n) is 10.4. The Morgan fingerprint density at radius 1 is 0.800 bits per heavy atom. The maximum absolute atomic E-state index is 4.61. The van der Waals surface area contributed by atoms with Crippen molar-refractivity contribution in [1.29, 1.82) is 0 Å². The minimum absolute atomic E-state index is 0.504. The molecule has 0 bridgehead atoms. The predicted octanol–water partition coefficient (Wildman–Crippen LogP) is 3.84. The summed E-state index contributed by atoms with van der Waals surface area (Å²) in [6, 6.07) is 1.10. The first-order valence-corrected chi connectivity index (χ1v) is 12.0. The summed E-state index contributed by atoms with van der Waals surface area (Å²) in [6.07, 6.45) is 17.8. The Hall–Kier alpha value is -1.66. The van der Waals surface area contributed by atoms with Gasteiger partial charge in [-0.3, -0.25) is 9.36 Å². The molecule has 2 saturated heterocycles.